The molecular weight excluding hydrogens is 603 g/mol. The smallest absolute Gasteiger partial charge is 0.235 e. The topological polar surface area (TPSA) is 30.7 Å². The first-order chi connectivity index (χ1) is 23.8. The molecule has 0 saturated heterocycles. The van der Waals surface area contributed by atoms with Crippen molar-refractivity contribution < 1.29 is 0 Å². The Morgan fingerprint density at radius 2 is 0.979 bits per heavy atom. The number of benzene rings is 7. The molecule has 0 bridgehead atoms. The average Bonchev–Trinajstić information content (AvgIpc) is 3.68. The lowest BCUT2D eigenvalue weighted by Gasteiger charge is -2.12. The van der Waals surface area contributed by atoms with Crippen LogP contribution in [-0.4, -0.2) is 14.5 Å². The molecule has 0 fully saturated rings. The number of thiophene rings is 1. The highest BCUT2D eigenvalue weighted by atomic mass is 32.1. The molecule has 7 aromatic carbocycles. The van der Waals surface area contributed by atoms with Gasteiger partial charge in [0.05, 0.1) is 22.2 Å². The largest absolute Gasteiger partial charge is 0.278 e. The van der Waals surface area contributed by atoms with Gasteiger partial charge in [0.2, 0.25) is 5.95 Å². The molecule has 3 heterocycles. The van der Waals surface area contributed by atoms with Gasteiger partial charge in [-0.2, -0.15) is 0 Å². The summed E-state index contributed by atoms with van der Waals surface area (Å²) in [6.45, 7) is 0. The highest BCUT2D eigenvalue weighted by Crippen LogP contribution is 2.42. The van der Waals surface area contributed by atoms with E-state index >= 15 is 0 Å². The number of fused-ring (bicyclic) bond motifs is 7. The van der Waals surface area contributed by atoms with Crippen molar-refractivity contribution in [3.63, 3.8) is 0 Å². The van der Waals surface area contributed by atoms with Crippen molar-refractivity contribution in [3.8, 4) is 39.5 Å². The summed E-state index contributed by atoms with van der Waals surface area (Å²) in [7, 11) is 0. The van der Waals surface area contributed by atoms with Gasteiger partial charge in [0.25, 0.3) is 0 Å². The SMILES string of the molecule is c1ccc(-c2ccc(-c3nc(-n4c5ccc(-c6ccccc6)cc5c5cc6sc7ccccc7c6cc54)nc4ccccc34)cc2)cc1. The molecule has 10 rings (SSSR count). The molecule has 4 heteroatoms. The van der Waals surface area contributed by atoms with Crippen LogP contribution in [-0.2, 0) is 0 Å². The molecule has 224 valence electrons. The molecule has 10 aromatic rings. The average molecular weight is 630 g/mol. The number of nitrogens with zero attached hydrogens (tertiary/aromatic N) is 3. The molecule has 0 aliphatic rings. The molecule has 0 radical (unpaired) electrons. The number of rotatable bonds is 4. The van der Waals surface area contributed by atoms with Crippen LogP contribution in [0.15, 0.2) is 164 Å². The number of aromatic nitrogens is 3. The summed E-state index contributed by atoms with van der Waals surface area (Å²) in [6, 6.07) is 58.4. The van der Waals surface area contributed by atoms with Crippen LogP contribution in [0.4, 0.5) is 0 Å². The maximum atomic E-state index is 5.38. The molecule has 0 unspecified atom stereocenters. The van der Waals surface area contributed by atoms with E-state index in [2.05, 4.69) is 168 Å². The molecule has 0 N–H and O–H groups in total. The summed E-state index contributed by atoms with van der Waals surface area (Å²) >= 11 is 1.85. The van der Waals surface area contributed by atoms with Crippen LogP contribution >= 0.6 is 11.3 Å². The van der Waals surface area contributed by atoms with E-state index in [0.29, 0.717) is 5.95 Å². The van der Waals surface area contributed by atoms with Crippen molar-refractivity contribution in [1.82, 2.24) is 14.5 Å². The summed E-state index contributed by atoms with van der Waals surface area (Å²) in [5.41, 5.74) is 9.87. The fraction of sp³-hybridized carbons (Fsp3) is 0. The predicted octanol–water partition coefficient (Wildman–Crippen LogP) is 12.1. The van der Waals surface area contributed by atoms with Gasteiger partial charge < -0.3 is 0 Å². The second-order valence-electron chi connectivity index (χ2n) is 12.2. The van der Waals surface area contributed by atoms with Crippen LogP contribution in [0.1, 0.15) is 0 Å². The first-order valence-corrected chi connectivity index (χ1v) is 17.0. The molecule has 0 amide bonds. The van der Waals surface area contributed by atoms with Gasteiger partial charge in [-0.15, -0.1) is 11.3 Å². The van der Waals surface area contributed by atoms with Gasteiger partial charge in [0.1, 0.15) is 0 Å². The fourth-order valence-corrected chi connectivity index (χ4v) is 8.23. The lowest BCUT2D eigenvalue weighted by molar-refractivity contribution is 1.01. The number of para-hydroxylation sites is 1. The van der Waals surface area contributed by atoms with Crippen molar-refractivity contribution in [2.45, 2.75) is 0 Å². The van der Waals surface area contributed by atoms with Crippen molar-refractivity contribution >= 4 is 64.2 Å². The summed E-state index contributed by atoms with van der Waals surface area (Å²) in [5, 5.41) is 5.96. The van der Waals surface area contributed by atoms with Gasteiger partial charge in [-0.1, -0.05) is 127 Å². The van der Waals surface area contributed by atoms with Gasteiger partial charge in [-0.25, -0.2) is 9.97 Å². The lowest BCUT2D eigenvalue weighted by atomic mass is 10.0. The van der Waals surface area contributed by atoms with Crippen molar-refractivity contribution in [1.29, 1.82) is 0 Å². The Balaban J connectivity index is 1.25. The molecule has 0 aliphatic carbocycles. The normalized spacial score (nSPS) is 11.8. The highest BCUT2D eigenvalue weighted by molar-refractivity contribution is 7.25. The number of hydrogen-bond donors (Lipinski definition) is 0. The van der Waals surface area contributed by atoms with Crippen molar-refractivity contribution in [2.75, 3.05) is 0 Å². The third-order valence-electron chi connectivity index (χ3n) is 9.43. The van der Waals surface area contributed by atoms with Crippen LogP contribution in [0, 0.1) is 0 Å². The van der Waals surface area contributed by atoms with E-state index in [1.54, 1.807) is 0 Å². The van der Waals surface area contributed by atoms with E-state index in [-0.39, 0.29) is 0 Å². The third kappa shape index (κ3) is 4.27. The Morgan fingerprint density at radius 3 is 1.77 bits per heavy atom. The third-order valence-corrected chi connectivity index (χ3v) is 10.6. The van der Waals surface area contributed by atoms with Crippen LogP contribution in [0.5, 0.6) is 0 Å². The Kier molecular flexibility index (Phi) is 6.05. The molecule has 3 aromatic heterocycles. The van der Waals surface area contributed by atoms with E-state index in [4.69, 9.17) is 9.97 Å². The standard InChI is InChI=1S/C44H27N3S/c1-3-11-28(12-4-1)30-19-21-31(22-20-30)43-34-16-7-9-17-38(34)45-44(46-43)47-39-24-23-32(29-13-5-2-6-14-29)25-35(39)36-27-42-37(26-40(36)47)33-15-8-10-18-41(33)48-42/h1-27H. The zero-order chi connectivity index (χ0) is 31.6. The van der Waals surface area contributed by atoms with E-state index in [9.17, 15) is 0 Å². The predicted molar refractivity (Wildman–Crippen MR) is 203 cm³/mol. The second kappa shape index (κ2) is 10.7. The van der Waals surface area contributed by atoms with E-state index in [1.807, 2.05) is 11.3 Å². The van der Waals surface area contributed by atoms with Gasteiger partial charge in [0, 0.05) is 41.9 Å². The van der Waals surface area contributed by atoms with Gasteiger partial charge >= 0.3 is 0 Å². The van der Waals surface area contributed by atoms with E-state index in [1.165, 1.54) is 53.2 Å². The number of hydrogen-bond acceptors (Lipinski definition) is 3. The molecule has 0 spiro atoms. The van der Waals surface area contributed by atoms with E-state index < -0.39 is 0 Å². The molecule has 0 saturated carbocycles. The minimum absolute atomic E-state index is 0.669. The summed E-state index contributed by atoms with van der Waals surface area (Å²) in [4.78, 5) is 10.6. The van der Waals surface area contributed by atoms with Crippen LogP contribution in [0.3, 0.4) is 0 Å². The quantitative estimate of drug-likeness (QED) is 0.194. The minimum atomic E-state index is 0.669. The first-order valence-electron chi connectivity index (χ1n) is 16.2. The van der Waals surface area contributed by atoms with Crippen molar-refractivity contribution in [2.24, 2.45) is 0 Å². The Hall–Kier alpha value is -6.10. The molecular formula is C44H27N3S. The monoisotopic (exact) mass is 629 g/mol. The first kappa shape index (κ1) is 27.1. The summed E-state index contributed by atoms with van der Waals surface area (Å²) in [6.07, 6.45) is 0. The zero-order valence-corrected chi connectivity index (χ0v) is 26.7. The summed E-state index contributed by atoms with van der Waals surface area (Å²) < 4.78 is 4.84. The minimum Gasteiger partial charge on any atom is -0.278 e. The Morgan fingerprint density at radius 1 is 0.375 bits per heavy atom. The Labute approximate surface area is 281 Å². The molecule has 0 aliphatic heterocycles. The zero-order valence-electron chi connectivity index (χ0n) is 25.8. The Bertz CT molecular complexity index is 2810. The lowest BCUT2D eigenvalue weighted by Crippen LogP contribution is -2.03. The van der Waals surface area contributed by atoms with Crippen LogP contribution in [0.2, 0.25) is 0 Å². The molecule has 3 nitrogen and oxygen atoms in total. The molecule has 0 atom stereocenters. The van der Waals surface area contributed by atoms with Gasteiger partial charge in [-0.3, -0.25) is 4.57 Å². The maximum Gasteiger partial charge on any atom is 0.235 e. The maximum absolute atomic E-state index is 5.38. The molecule has 48 heavy (non-hydrogen) atoms. The second-order valence-corrected chi connectivity index (χ2v) is 13.3. The van der Waals surface area contributed by atoms with Gasteiger partial charge in [0.15, 0.2) is 0 Å². The highest BCUT2D eigenvalue weighted by Gasteiger charge is 2.20. The fourth-order valence-electron chi connectivity index (χ4n) is 7.10. The van der Waals surface area contributed by atoms with Crippen LogP contribution < -0.4 is 0 Å². The van der Waals surface area contributed by atoms with Gasteiger partial charge in [-0.05, 0) is 58.7 Å². The van der Waals surface area contributed by atoms with Crippen LogP contribution in [0.25, 0.3) is 92.3 Å². The van der Waals surface area contributed by atoms with Crippen molar-refractivity contribution in [3.05, 3.63) is 164 Å². The summed E-state index contributed by atoms with van der Waals surface area (Å²) in [5.74, 6) is 0.669. The van der Waals surface area contributed by atoms with E-state index in [0.717, 1.165) is 33.2 Å².